The minimum Gasteiger partial charge on any atom is -0.392 e. The Hall–Kier alpha value is -0.0400. The molecule has 0 heterocycles. The van der Waals surface area contributed by atoms with Gasteiger partial charge in [-0.05, 0) is 24.2 Å². The van der Waals surface area contributed by atoms with E-state index in [0.29, 0.717) is 5.92 Å². The summed E-state index contributed by atoms with van der Waals surface area (Å²) in [6, 6.07) is 0. The summed E-state index contributed by atoms with van der Waals surface area (Å²) in [4.78, 5) is 0. The molecule has 0 aromatic heterocycles. The largest absolute Gasteiger partial charge is 0.392 e. The third-order valence-corrected chi connectivity index (χ3v) is 3.09. The van der Waals surface area contributed by atoms with Gasteiger partial charge < -0.3 is 5.11 Å². The molecule has 1 aliphatic carbocycles. The molecule has 1 atom stereocenters. The van der Waals surface area contributed by atoms with E-state index in [9.17, 15) is 5.11 Å². The molecule has 1 saturated carbocycles. The zero-order valence-electron chi connectivity index (χ0n) is 7.93. The molecule has 1 nitrogen and oxygen atoms in total. The van der Waals surface area contributed by atoms with Crippen molar-refractivity contribution in [1.29, 1.82) is 0 Å². The summed E-state index contributed by atoms with van der Waals surface area (Å²) in [6.45, 7) is 6.44. The third kappa shape index (κ3) is 1.76. The van der Waals surface area contributed by atoms with Crippen LogP contribution in [0.25, 0.3) is 0 Å². The molecular formula is C10H20O. The van der Waals surface area contributed by atoms with Gasteiger partial charge in [-0.25, -0.2) is 0 Å². The molecule has 0 bridgehead atoms. The molecule has 0 saturated heterocycles. The van der Waals surface area contributed by atoms with E-state index < -0.39 is 0 Å². The normalized spacial score (nSPS) is 25.9. The van der Waals surface area contributed by atoms with Crippen molar-refractivity contribution in [1.82, 2.24) is 0 Å². The molecule has 0 unspecified atom stereocenters. The van der Waals surface area contributed by atoms with Gasteiger partial charge in [0, 0.05) is 0 Å². The molecule has 0 radical (unpaired) electrons. The van der Waals surface area contributed by atoms with Crippen LogP contribution in [0.4, 0.5) is 0 Å². The number of aliphatic hydroxyl groups excluding tert-OH is 1. The van der Waals surface area contributed by atoms with Gasteiger partial charge in [0.1, 0.15) is 0 Å². The molecule has 0 aromatic rings. The number of aliphatic hydroxyl groups is 1. The molecule has 0 spiro atoms. The van der Waals surface area contributed by atoms with E-state index in [-0.39, 0.29) is 11.5 Å². The Kier molecular flexibility index (Phi) is 2.58. The molecule has 11 heavy (non-hydrogen) atoms. The van der Waals surface area contributed by atoms with E-state index in [1.807, 2.05) is 0 Å². The van der Waals surface area contributed by atoms with Gasteiger partial charge in [-0.2, -0.15) is 0 Å². The lowest BCUT2D eigenvalue weighted by atomic mass is 9.78. The van der Waals surface area contributed by atoms with Crippen LogP contribution in [0.15, 0.2) is 0 Å². The Bertz CT molecular complexity index is 123. The minimum atomic E-state index is -0.0926. The number of hydrogen-bond acceptors (Lipinski definition) is 1. The highest BCUT2D eigenvalue weighted by atomic mass is 16.3. The first-order valence-corrected chi connectivity index (χ1v) is 4.74. The molecule has 1 N–H and O–H groups in total. The molecule has 0 aromatic carbocycles. The van der Waals surface area contributed by atoms with Crippen LogP contribution in [0.2, 0.25) is 0 Å². The van der Waals surface area contributed by atoms with Crippen molar-refractivity contribution in [3.8, 4) is 0 Å². The van der Waals surface area contributed by atoms with Crippen molar-refractivity contribution in [2.24, 2.45) is 11.3 Å². The van der Waals surface area contributed by atoms with Crippen molar-refractivity contribution in [3.63, 3.8) is 0 Å². The molecule has 0 amide bonds. The number of hydrogen-bond donors (Lipinski definition) is 1. The van der Waals surface area contributed by atoms with Crippen molar-refractivity contribution < 1.29 is 5.11 Å². The first kappa shape index (κ1) is 9.05. The average Bonchev–Trinajstić information content (AvgIpc) is 2.35. The standard InChI is InChI=1S/C10H20O/c1-8(2)9(11)10(3)6-4-5-7-10/h8-9,11H,4-7H2,1-3H3/t9-/m1/s1. The minimum absolute atomic E-state index is 0.0926. The van der Waals surface area contributed by atoms with E-state index in [1.165, 1.54) is 25.7 Å². The summed E-state index contributed by atoms with van der Waals surface area (Å²) < 4.78 is 0. The van der Waals surface area contributed by atoms with Crippen LogP contribution in [0, 0.1) is 11.3 Å². The zero-order valence-corrected chi connectivity index (χ0v) is 7.93. The lowest BCUT2D eigenvalue weighted by Crippen LogP contribution is -2.33. The van der Waals surface area contributed by atoms with Gasteiger partial charge in [0.15, 0.2) is 0 Å². The molecule has 66 valence electrons. The van der Waals surface area contributed by atoms with Gasteiger partial charge in [0.2, 0.25) is 0 Å². The summed E-state index contributed by atoms with van der Waals surface area (Å²) in [5, 5.41) is 9.89. The Morgan fingerprint density at radius 1 is 1.18 bits per heavy atom. The van der Waals surface area contributed by atoms with E-state index in [2.05, 4.69) is 20.8 Å². The fourth-order valence-electron chi connectivity index (χ4n) is 2.28. The van der Waals surface area contributed by atoms with E-state index in [1.54, 1.807) is 0 Å². The first-order valence-electron chi connectivity index (χ1n) is 4.74. The second-order valence-electron chi connectivity index (χ2n) is 4.55. The van der Waals surface area contributed by atoms with Crippen LogP contribution < -0.4 is 0 Å². The van der Waals surface area contributed by atoms with E-state index in [4.69, 9.17) is 0 Å². The van der Waals surface area contributed by atoms with E-state index in [0.717, 1.165) is 0 Å². The molecule has 1 fully saturated rings. The maximum atomic E-state index is 9.89. The Morgan fingerprint density at radius 2 is 1.64 bits per heavy atom. The van der Waals surface area contributed by atoms with Gasteiger partial charge >= 0.3 is 0 Å². The zero-order chi connectivity index (χ0) is 8.48. The SMILES string of the molecule is CC(C)[C@@H](O)C1(C)CCCC1. The lowest BCUT2D eigenvalue weighted by molar-refractivity contribution is 0.00601. The van der Waals surface area contributed by atoms with E-state index >= 15 is 0 Å². The van der Waals surface area contributed by atoms with Crippen molar-refractivity contribution in [2.45, 2.75) is 52.6 Å². The number of rotatable bonds is 2. The Labute approximate surface area is 69.8 Å². The summed E-state index contributed by atoms with van der Waals surface area (Å²) in [5.74, 6) is 0.415. The highest BCUT2D eigenvalue weighted by Gasteiger charge is 2.37. The highest BCUT2D eigenvalue weighted by Crippen LogP contribution is 2.42. The predicted molar refractivity (Wildman–Crippen MR) is 47.4 cm³/mol. The molecule has 1 heteroatoms. The average molecular weight is 156 g/mol. The third-order valence-electron chi connectivity index (χ3n) is 3.09. The molecular weight excluding hydrogens is 136 g/mol. The van der Waals surface area contributed by atoms with Gasteiger partial charge in [0.25, 0.3) is 0 Å². The smallest absolute Gasteiger partial charge is 0.0616 e. The second kappa shape index (κ2) is 3.14. The quantitative estimate of drug-likeness (QED) is 0.651. The monoisotopic (exact) mass is 156 g/mol. The van der Waals surface area contributed by atoms with Crippen LogP contribution in [-0.4, -0.2) is 11.2 Å². The Morgan fingerprint density at radius 3 is 2.00 bits per heavy atom. The molecule has 1 aliphatic rings. The van der Waals surface area contributed by atoms with Gasteiger partial charge in [0.05, 0.1) is 6.10 Å². The van der Waals surface area contributed by atoms with Crippen LogP contribution in [-0.2, 0) is 0 Å². The van der Waals surface area contributed by atoms with Gasteiger partial charge in [-0.3, -0.25) is 0 Å². The molecule has 0 aliphatic heterocycles. The van der Waals surface area contributed by atoms with Crippen LogP contribution in [0.5, 0.6) is 0 Å². The summed E-state index contributed by atoms with van der Waals surface area (Å²) in [7, 11) is 0. The molecule has 1 rings (SSSR count). The topological polar surface area (TPSA) is 20.2 Å². The van der Waals surface area contributed by atoms with Gasteiger partial charge in [-0.15, -0.1) is 0 Å². The maximum absolute atomic E-state index is 9.89. The lowest BCUT2D eigenvalue weighted by Gasteiger charge is -2.32. The Balaban J connectivity index is 2.56. The van der Waals surface area contributed by atoms with Crippen LogP contribution >= 0.6 is 0 Å². The van der Waals surface area contributed by atoms with Crippen molar-refractivity contribution >= 4 is 0 Å². The second-order valence-corrected chi connectivity index (χ2v) is 4.55. The van der Waals surface area contributed by atoms with Crippen molar-refractivity contribution in [3.05, 3.63) is 0 Å². The van der Waals surface area contributed by atoms with Crippen molar-refractivity contribution in [2.75, 3.05) is 0 Å². The fourth-order valence-corrected chi connectivity index (χ4v) is 2.28. The van der Waals surface area contributed by atoms with Crippen LogP contribution in [0.3, 0.4) is 0 Å². The summed E-state index contributed by atoms with van der Waals surface area (Å²) in [6.07, 6.45) is 4.95. The highest BCUT2D eigenvalue weighted by molar-refractivity contribution is 4.88. The predicted octanol–water partition coefficient (Wildman–Crippen LogP) is 2.58. The summed E-state index contributed by atoms with van der Waals surface area (Å²) in [5.41, 5.74) is 0.230. The van der Waals surface area contributed by atoms with Crippen LogP contribution in [0.1, 0.15) is 46.5 Å². The maximum Gasteiger partial charge on any atom is 0.0616 e. The fraction of sp³-hybridized carbons (Fsp3) is 1.00. The van der Waals surface area contributed by atoms with Gasteiger partial charge in [-0.1, -0.05) is 33.6 Å². The summed E-state index contributed by atoms with van der Waals surface area (Å²) >= 11 is 0. The first-order chi connectivity index (χ1) is 5.06.